The lowest BCUT2D eigenvalue weighted by Crippen LogP contribution is -2.44. The first-order valence-corrected chi connectivity index (χ1v) is 7.70. The van der Waals surface area contributed by atoms with Crippen molar-refractivity contribution in [3.05, 3.63) is 35.9 Å². The fourth-order valence-corrected chi connectivity index (χ4v) is 2.91. The normalized spacial score (nSPS) is 20.0. The van der Waals surface area contributed by atoms with Gasteiger partial charge in [0, 0.05) is 6.54 Å². The van der Waals surface area contributed by atoms with Crippen molar-refractivity contribution in [3.63, 3.8) is 0 Å². The first kappa shape index (κ1) is 16.0. The molecule has 1 aromatic rings. The van der Waals surface area contributed by atoms with Crippen LogP contribution in [0.5, 0.6) is 0 Å². The van der Waals surface area contributed by atoms with Gasteiger partial charge in [-0.2, -0.15) is 0 Å². The van der Waals surface area contributed by atoms with E-state index in [0.29, 0.717) is 13.2 Å². The number of benzene rings is 1. The summed E-state index contributed by atoms with van der Waals surface area (Å²) in [5, 5.41) is 10.7. The van der Waals surface area contributed by atoms with Gasteiger partial charge in [-0.05, 0) is 45.3 Å². The second-order valence-corrected chi connectivity index (χ2v) is 5.94. The van der Waals surface area contributed by atoms with Crippen LogP contribution in [0.15, 0.2) is 30.3 Å². The fourth-order valence-electron chi connectivity index (χ4n) is 2.91. The van der Waals surface area contributed by atoms with Gasteiger partial charge in [-0.1, -0.05) is 30.3 Å². The third-order valence-corrected chi connectivity index (χ3v) is 4.13. The molecule has 1 saturated heterocycles. The van der Waals surface area contributed by atoms with E-state index in [1.165, 1.54) is 0 Å². The average molecular weight is 291 g/mol. The first-order valence-electron chi connectivity index (χ1n) is 7.70. The van der Waals surface area contributed by atoms with Crippen LogP contribution in [-0.4, -0.2) is 42.2 Å². The van der Waals surface area contributed by atoms with Crippen molar-refractivity contribution < 1.29 is 14.6 Å². The van der Waals surface area contributed by atoms with Crippen molar-refractivity contribution in [1.29, 1.82) is 0 Å². The molecule has 21 heavy (non-hydrogen) atoms. The van der Waals surface area contributed by atoms with Crippen molar-refractivity contribution in [2.75, 3.05) is 26.2 Å². The fraction of sp³-hybridized carbons (Fsp3) is 0.588. The van der Waals surface area contributed by atoms with Crippen molar-refractivity contribution in [2.24, 2.45) is 5.92 Å². The monoisotopic (exact) mass is 291 g/mol. The molecule has 0 aliphatic carbocycles. The number of aliphatic hydroxyl groups is 1. The summed E-state index contributed by atoms with van der Waals surface area (Å²) in [6, 6.07) is 9.73. The Labute approximate surface area is 126 Å². The standard InChI is InChI=1S/C17H25NO3/c1-3-21-16(19)14-9-11-18(12-10-14)13-17(2,20)15-7-5-4-6-8-15/h4-8,14,20H,3,9-13H2,1-2H3. The Bertz CT molecular complexity index is 450. The summed E-state index contributed by atoms with van der Waals surface area (Å²) in [5.41, 5.74) is 0.0652. The van der Waals surface area contributed by atoms with Gasteiger partial charge in [-0.25, -0.2) is 0 Å². The molecule has 1 heterocycles. The maximum Gasteiger partial charge on any atom is 0.309 e. The molecule has 1 atom stereocenters. The molecule has 4 heteroatoms. The van der Waals surface area contributed by atoms with Crippen LogP contribution in [0, 0.1) is 5.92 Å². The maximum atomic E-state index is 11.7. The van der Waals surface area contributed by atoms with Gasteiger partial charge in [0.1, 0.15) is 0 Å². The summed E-state index contributed by atoms with van der Waals surface area (Å²) in [4.78, 5) is 13.9. The van der Waals surface area contributed by atoms with Gasteiger partial charge in [-0.15, -0.1) is 0 Å². The summed E-state index contributed by atoms with van der Waals surface area (Å²) in [6.45, 7) is 6.37. The minimum absolute atomic E-state index is 0.0166. The van der Waals surface area contributed by atoms with Crippen molar-refractivity contribution in [2.45, 2.75) is 32.3 Å². The lowest BCUT2D eigenvalue weighted by atomic mass is 9.92. The number of carbonyl (C=O) groups is 1. The molecule has 0 saturated carbocycles. The van der Waals surface area contributed by atoms with Gasteiger partial charge in [0.25, 0.3) is 0 Å². The van der Waals surface area contributed by atoms with E-state index >= 15 is 0 Å². The zero-order chi connectivity index (χ0) is 15.3. The Morgan fingerprint density at radius 2 is 1.95 bits per heavy atom. The summed E-state index contributed by atoms with van der Waals surface area (Å²) in [6.07, 6.45) is 1.62. The molecule has 1 fully saturated rings. The third-order valence-electron chi connectivity index (χ3n) is 4.13. The number of ether oxygens (including phenoxy) is 1. The Morgan fingerprint density at radius 1 is 1.33 bits per heavy atom. The molecule has 1 aromatic carbocycles. The van der Waals surface area contributed by atoms with Crippen LogP contribution in [0.3, 0.4) is 0 Å². The molecule has 0 amide bonds. The van der Waals surface area contributed by atoms with E-state index in [9.17, 15) is 9.90 Å². The number of esters is 1. The van der Waals surface area contributed by atoms with Crippen molar-refractivity contribution in [1.82, 2.24) is 4.90 Å². The number of carbonyl (C=O) groups excluding carboxylic acids is 1. The second-order valence-electron chi connectivity index (χ2n) is 5.94. The molecule has 0 bridgehead atoms. The number of β-amino-alcohol motifs (C(OH)–C–C–N with tert-alkyl or cyclic N) is 1. The summed E-state index contributed by atoms with van der Waals surface area (Å²) in [7, 11) is 0. The van der Waals surface area contributed by atoms with E-state index in [0.717, 1.165) is 31.5 Å². The number of hydrogen-bond donors (Lipinski definition) is 1. The zero-order valence-electron chi connectivity index (χ0n) is 12.9. The first-order chi connectivity index (χ1) is 10.0. The van der Waals surface area contributed by atoms with Crippen LogP contribution < -0.4 is 0 Å². The van der Waals surface area contributed by atoms with Gasteiger partial charge in [-0.3, -0.25) is 4.79 Å². The van der Waals surface area contributed by atoms with E-state index < -0.39 is 5.60 Å². The number of rotatable bonds is 5. The Hall–Kier alpha value is -1.39. The second kappa shape index (κ2) is 7.05. The number of nitrogens with zero attached hydrogens (tertiary/aromatic N) is 1. The van der Waals surface area contributed by atoms with Crippen molar-refractivity contribution >= 4 is 5.97 Å². The van der Waals surface area contributed by atoms with Crippen LogP contribution in [0.25, 0.3) is 0 Å². The van der Waals surface area contributed by atoms with Crippen LogP contribution in [0.2, 0.25) is 0 Å². The molecule has 0 spiro atoms. The maximum absolute atomic E-state index is 11.7. The van der Waals surface area contributed by atoms with E-state index in [1.54, 1.807) is 0 Å². The highest BCUT2D eigenvalue weighted by Gasteiger charge is 2.31. The molecule has 0 radical (unpaired) electrons. The predicted octanol–water partition coefficient (Wildman–Crippen LogP) is 2.17. The van der Waals surface area contributed by atoms with Crippen LogP contribution in [0.4, 0.5) is 0 Å². The van der Waals surface area contributed by atoms with E-state index in [4.69, 9.17) is 4.74 Å². The molecule has 1 aliphatic heterocycles. The summed E-state index contributed by atoms with van der Waals surface area (Å²) < 4.78 is 5.08. The van der Waals surface area contributed by atoms with Gasteiger partial charge in [0.05, 0.1) is 18.1 Å². The van der Waals surface area contributed by atoms with Gasteiger partial charge in [0.15, 0.2) is 0 Å². The Morgan fingerprint density at radius 3 is 2.52 bits per heavy atom. The lowest BCUT2D eigenvalue weighted by molar-refractivity contribution is -0.149. The number of hydrogen-bond acceptors (Lipinski definition) is 4. The predicted molar refractivity (Wildman–Crippen MR) is 81.8 cm³/mol. The SMILES string of the molecule is CCOC(=O)C1CCN(CC(C)(O)c2ccccc2)CC1. The largest absolute Gasteiger partial charge is 0.466 e. The minimum atomic E-state index is -0.863. The van der Waals surface area contributed by atoms with Crippen LogP contribution in [-0.2, 0) is 15.1 Å². The highest BCUT2D eigenvalue weighted by atomic mass is 16.5. The van der Waals surface area contributed by atoms with Gasteiger partial charge < -0.3 is 14.7 Å². The highest BCUT2D eigenvalue weighted by molar-refractivity contribution is 5.72. The molecule has 1 N–H and O–H groups in total. The Kier molecular flexibility index (Phi) is 5.37. The van der Waals surface area contributed by atoms with Gasteiger partial charge in [0.2, 0.25) is 0 Å². The molecule has 1 unspecified atom stereocenters. The summed E-state index contributed by atoms with van der Waals surface area (Å²) in [5.74, 6) is -0.0603. The Balaban J connectivity index is 1.87. The smallest absolute Gasteiger partial charge is 0.309 e. The van der Waals surface area contributed by atoms with Gasteiger partial charge >= 0.3 is 5.97 Å². The lowest BCUT2D eigenvalue weighted by Gasteiger charge is -2.36. The van der Waals surface area contributed by atoms with E-state index in [2.05, 4.69) is 4.90 Å². The van der Waals surface area contributed by atoms with Crippen LogP contribution in [0.1, 0.15) is 32.3 Å². The van der Waals surface area contributed by atoms with E-state index in [-0.39, 0.29) is 11.9 Å². The molecular formula is C17H25NO3. The quantitative estimate of drug-likeness (QED) is 0.845. The molecular weight excluding hydrogens is 266 g/mol. The molecule has 1 aliphatic rings. The topological polar surface area (TPSA) is 49.8 Å². The highest BCUT2D eigenvalue weighted by Crippen LogP contribution is 2.25. The zero-order valence-corrected chi connectivity index (χ0v) is 12.9. The molecule has 0 aromatic heterocycles. The molecule has 2 rings (SSSR count). The number of likely N-dealkylation sites (tertiary alicyclic amines) is 1. The third kappa shape index (κ3) is 4.29. The summed E-state index contributed by atoms with van der Waals surface area (Å²) >= 11 is 0. The van der Waals surface area contributed by atoms with E-state index in [1.807, 2.05) is 44.2 Å². The molecule has 116 valence electrons. The van der Waals surface area contributed by atoms with Crippen LogP contribution >= 0.6 is 0 Å². The number of piperidine rings is 1. The average Bonchev–Trinajstić information content (AvgIpc) is 2.49. The molecule has 4 nitrogen and oxygen atoms in total. The minimum Gasteiger partial charge on any atom is -0.466 e. The van der Waals surface area contributed by atoms with Crippen molar-refractivity contribution in [3.8, 4) is 0 Å².